The SMILES string of the molecule is CCSc1cc(CC)ccc1C(=O)O. The van der Waals surface area contributed by atoms with Crippen LogP contribution in [0.4, 0.5) is 0 Å². The van der Waals surface area contributed by atoms with E-state index >= 15 is 0 Å². The molecule has 0 aliphatic carbocycles. The topological polar surface area (TPSA) is 37.3 Å². The van der Waals surface area contributed by atoms with Crippen LogP contribution in [0, 0.1) is 0 Å². The first-order chi connectivity index (χ1) is 6.69. The summed E-state index contributed by atoms with van der Waals surface area (Å²) >= 11 is 1.58. The van der Waals surface area contributed by atoms with E-state index in [-0.39, 0.29) is 0 Å². The summed E-state index contributed by atoms with van der Waals surface area (Å²) in [4.78, 5) is 11.8. The normalized spacial score (nSPS) is 10.1. The maximum atomic E-state index is 10.9. The van der Waals surface area contributed by atoms with Gasteiger partial charge in [0.2, 0.25) is 0 Å². The Morgan fingerprint density at radius 3 is 2.64 bits per heavy atom. The quantitative estimate of drug-likeness (QED) is 0.776. The second-order valence-corrected chi connectivity index (χ2v) is 4.23. The molecule has 3 heteroatoms. The van der Waals surface area contributed by atoms with Crippen molar-refractivity contribution in [1.29, 1.82) is 0 Å². The number of thioether (sulfide) groups is 1. The Bertz CT molecular complexity index is 334. The third-order valence-electron chi connectivity index (χ3n) is 1.98. The molecule has 0 bridgehead atoms. The van der Waals surface area contributed by atoms with E-state index in [1.807, 2.05) is 19.1 Å². The molecule has 0 fully saturated rings. The van der Waals surface area contributed by atoms with Crippen LogP contribution in [0.15, 0.2) is 23.1 Å². The molecule has 0 aliphatic heterocycles. The summed E-state index contributed by atoms with van der Waals surface area (Å²) in [5, 5.41) is 8.94. The second-order valence-electron chi connectivity index (χ2n) is 2.92. The fourth-order valence-electron chi connectivity index (χ4n) is 1.24. The zero-order chi connectivity index (χ0) is 10.6. The van der Waals surface area contributed by atoms with Crippen LogP contribution in [0.3, 0.4) is 0 Å². The highest BCUT2D eigenvalue weighted by molar-refractivity contribution is 7.99. The summed E-state index contributed by atoms with van der Waals surface area (Å²) < 4.78 is 0. The van der Waals surface area contributed by atoms with Crippen molar-refractivity contribution in [3.8, 4) is 0 Å². The van der Waals surface area contributed by atoms with Gasteiger partial charge in [-0.3, -0.25) is 0 Å². The molecule has 1 N–H and O–H groups in total. The van der Waals surface area contributed by atoms with E-state index in [2.05, 4.69) is 6.92 Å². The molecule has 1 rings (SSSR count). The lowest BCUT2D eigenvalue weighted by Gasteiger charge is -2.06. The Labute approximate surface area is 88.3 Å². The van der Waals surface area contributed by atoms with E-state index in [9.17, 15) is 4.79 Å². The number of benzene rings is 1. The van der Waals surface area contributed by atoms with Crippen molar-refractivity contribution in [2.45, 2.75) is 25.2 Å². The van der Waals surface area contributed by atoms with Crippen molar-refractivity contribution < 1.29 is 9.90 Å². The van der Waals surface area contributed by atoms with Gasteiger partial charge in [0, 0.05) is 4.90 Å². The summed E-state index contributed by atoms with van der Waals surface area (Å²) in [6.07, 6.45) is 0.942. The fraction of sp³-hybridized carbons (Fsp3) is 0.364. The minimum Gasteiger partial charge on any atom is -0.478 e. The van der Waals surface area contributed by atoms with E-state index < -0.39 is 5.97 Å². The minimum absolute atomic E-state index is 0.411. The molecule has 0 atom stereocenters. The number of hydrogen-bond acceptors (Lipinski definition) is 2. The first-order valence-corrected chi connectivity index (χ1v) is 5.66. The van der Waals surface area contributed by atoms with Gasteiger partial charge in [-0.1, -0.05) is 19.9 Å². The molecule has 1 aromatic rings. The minimum atomic E-state index is -0.844. The number of rotatable bonds is 4. The molecule has 0 aromatic heterocycles. The lowest BCUT2D eigenvalue weighted by atomic mass is 10.1. The lowest BCUT2D eigenvalue weighted by Crippen LogP contribution is -1.99. The van der Waals surface area contributed by atoms with Crippen LogP contribution < -0.4 is 0 Å². The molecule has 0 unspecified atom stereocenters. The summed E-state index contributed by atoms with van der Waals surface area (Å²) in [7, 11) is 0. The van der Waals surface area contributed by atoms with Gasteiger partial charge in [0.15, 0.2) is 0 Å². The Morgan fingerprint density at radius 2 is 2.14 bits per heavy atom. The largest absolute Gasteiger partial charge is 0.478 e. The van der Waals surface area contributed by atoms with Gasteiger partial charge < -0.3 is 5.11 Å². The van der Waals surface area contributed by atoms with Crippen LogP contribution in [0.25, 0.3) is 0 Å². The molecule has 0 spiro atoms. The molecule has 0 saturated heterocycles. The number of hydrogen-bond donors (Lipinski definition) is 1. The van der Waals surface area contributed by atoms with Gasteiger partial charge in [-0.15, -0.1) is 11.8 Å². The lowest BCUT2D eigenvalue weighted by molar-refractivity contribution is 0.0693. The fourth-order valence-corrected chi connectivity index (χ4v) is 2.09. The number of carboxylic acids is 1. The highest BCUT2D eigenvalue weighted by atomic mass is 32.2. The van der Waals surface area contributed by atoms with Crippen LogP contribution in [-0.4, -0.2) is 16.8 Å². The summed E-state index contributed by atoms with van der Waals surface area (Å²) in [5.41, 5.74) is 1.60. The first kappa shape index (κ1) is 11.1. The number of carboxylic acid groups (broad SMARTS) is 1. The molecule has 1 aromatic carbocycles. The zero-order valence-corrected chi connectivity index (χ0v) is 9.23. The molecular weight excluding hydrogens is 196 g/mol. The zero-order valence-electron chi connectivity index (χ0n) is 8.41. The van der Waals surface area contributed by atoms with Gasteiger partial charge in [-0.25, -0.2) is 4.79 Å². The molecule has 14 heavy (non-hydrogen) atoms. The second kappa shape index (κ2) is 5.05. The molecule has 0 heterocycles. The van der Waals surface area contributed by atoms with Crippen molar-refractivity contribution in [1.82, 2.24) is 0 Å². The van der Waals surface area contributed by atoms with E-state index in [0.717, 1.165) is 17.1 Å². The van der Waals surface area contributed by atoms with E-state index in [0.29, 0.717) is 5.56 Å². The summed E-state index contributed by atoms with van der Waals surface area (Å²) in [6, 6.07) is 5.54. The van der Waals surface area contributed by atoms with Crippen molar-refractivity contribution in [3.05, 3.63) is 29.3 Å². The Morgan fingerprint density at radius 1 is 1.43 bits per heavy atom. The average Bonchev–Trinajstić information content (AvgIpc) is 2.17. The molecule has 0 amide bonds. The molecule has 2 nitrogen and oxygen atoms in total. The molecule has 0 radical (unpaired) electrons. The third-order valence-corrected chi connectivity index (χ3v) is 2.92. The summed E-state index contributed by atoms with van der Waals surface area (Å²) in [6.45, 7) is 4.09. The molecule has 76 valence electrons. The summed E-state index contributed by atoms with van der Waals surface area (Å²) in [5.74, 6) is 0.0524. The van der Waals surface area contributed by atoms with Gasteiger partial charge in [-0.2, -0.15) is 0 Å². The van der Waals surface area contributed by atoms with E-state index in [1.54, 1.807) is 17.8 Å². The van der Waals surface area contributed by atoms with E-state index in [1.165, 1.54) is 5.56 Å². The highest BCUT2D eigenvalue weighted by Crippen LogP contribution is 2.24. The van der Waals surface area contributed by atoms with Crippen LogP contribution in [-0.2, 0) is 6.42 Å². The van der Waals surface area contributed by atoms with Gasteiger partial charge in [0.1, 0.15) is 0 Å². The maximum Gasteiger partial charge on any atom is 0.336 e. The van der Waals surface area contributed by atoms with Gasteiger partial charge in [0.05, 0.1) is 5.56 Å². The van der Waals surface area contributed by atoms with Gasteiger partial charge in [0.25, 0.3) is 0 Å². The third kappa shape index (κ3) is 2.51. The monoisotopic (exact) mass is 210 g/mol. The van der Waals surface area contributed by atoms with Crippen LogP contribution in [0.2, 0.25) is 0 Å². The number of carbonyl (C=O) groups is 1. The molecule has 0 saturated carbocycles. The van der Waals surface area contributed by atoms with Gasteiger partial charge in [-0.05, 0) is 29.9 Å². The highest BCUT2D eigenvalue weighted by Gasteiger charge is 2.09. The van der Waals surface area contributed by atoms with Crippen LogP contribution in [0.5, 0.6) is 0 Å². The Hall–Kier alpha value is -0.960. The van der Waals surface area contributed by atoms with Crippen LogP contribution in [0.1, 0.15) is 29.8 Å². The molecular formula is C11H14O2S. The number of aryl methyl sites for hydroxylation is 1. The van der Waals surface area contributed by atoms with Crippen molar-refractivity contribution >= 4 is 17.7 Å². The Balaban J connectivity index is 3.10. The maximum absolute atomic E-state index is 10.9. The molecule has 0 aliphatic rings. The predicted molar refractivity (Wildman–Crippen MR) is 59.2 cm³/mol. The Kier molecular flexibility index (Phi) is 4.01. The van der Waals surface area contributed by atoms with Crippen LogP contribution >= 0.6 is 11.8 Å². The van der Waals surface area contributed by atoms with Crippen molar-refractivity contribution in [2.24, 2.45) is 0 Å². The average molecular weight is 210 g/mol. The van der Waals surface area contributed by atoms with Gasteiger partial charge >= 0.3 is 5.97 Å². The standard InChI is InChI=1S/C11H14O2S/c1-3-8-5-6-9(11(12)13)10(7-8)14-4-2/h5-7H,3-4H2,1-2H3,(H,12,13). The van der Waals surface area contributed by atoms with E-state index in [4.69, 9.17) is 5.11 Å². The van der Waals surface area contributed by atoms with Crippen molar-refractivity contribution in [2.75, 3.05) is 5.75 Å². The number of aromatic carboxylic acids is 1. The smallest absolute Gasteiger partial charge is 0.336 e. The van der Waals surface area contributed by atoms with Crippen molar-refractivity contribution in [3.63, 3.8) is 0 Å². The predicted octanol–water partition coefficient (Wildman–Crippen LogP) is 3.06. The first-order valence-electron chi connectivity index (χ1n) is 4.68.